The molecular weight excluding hydrogens is 280 g/mol. The van der Waals surface area contributed by atoms with Crippen molar-refractivity contribution >= 4 is 0 Å². The molecule has 20 heavy (non-hydrogen) atoms. The predicted octanol–water partition coefficient (Wildman–Crippen LogP) is -1.34. The van der Waals surface area contributed by atoms with Crippen molar-refractivity contribution < 1.29 is 23.8 Å². The first-order valence-corrected chi connectivity index (χ1v) is 5.71. The number of nitrogens with zero attached hydrogens (tertiary/aromatic N) is 1. The van der Waals surface area contributed by atoms with Crippen LogP contribution in [-0.2, 0) is 4.74 Å². The molecule has 1 aromatic heterocycles. The highest BCUT2D eigenvalue weighted by atomic mass is 19.1. The van der Waals surface area contributed by atoms with Gasteiger partial charge in [-0.3, -0.25) is 9.78 Å². The van der Waals surface area contributed by atoms with Crippen LogP contribution in [0.5, 0.6) is 0 Å². The molecule has 0 aromatic carbocycles. The van der Waals surface area contributed by atoms with Crippen molar-refractivity contribution in [2.24, 2.45) is 0 Å². The van der Waals surface area contributed by atoms with Crippen LogP contribution in [0.15, 0.2) is 9.59 Å². The van der Waals surface area contributed by atoms with Gasteiger partial charge in [0.2, 0.25) is 5.82 Å². The van der Waals surface area contributed by atoms with Crippen LogP contribution < -0.4 is 11.2 Å². The first kappa shape index (κ1) is 14.8. The number of aliphatic hydroxyl groups excluding tert-OH is 1. The van der Waals surface area contributed by atoms with Gasteiger partial charge in [0, 0.05) is 7.05 Å². The topological polar surface area (TPSA) is 119 Å². The van der Waals surface area contributed by atoms with Gasteiger partial charge in [-0.1, -0.05) is 0 Å². The van der Waals surface area contributed by atoms with Gasteiger partial charge in [0.05, 0.1) is 18.3 Å². The first-order valence-electron chi connectivity index (χ1n) is 5.71. The number of halogens is 2. The average Bonchev–Trinajstić information content (AvgIpc) is 2.70. The van der Waals surface area contributed by atoms with Crippen LogP contribution in [-0.4, -0.2) is 57.3 Å². The van der Waals surface area contributed by atoms with Gasteiger partial charge in [0.15, 0.2) is 6.17 Å². The Morgan fingerprint density at radius 1 is 1.40 bits per heavy atom. The molecule has 0 aliphatic carbocycles. The Morgan fingerprint density at radius 3 is 2.55 bits per heavy atom. The number of alkyl halides is 1. The zero-order valence-corrected chi connectivity index (χ0v) is 10.3. The standard InChI is InChI=1S/C10H13F2N3O5/c1-15(19)7-3(2-16)20-8(5(7)12)6-4(11)9(17)14-10(18)13-6/h3,5,7-8,16,19H,2H2,1H3,(H2,13,14,17,18)/t3-,5+,7-,8?/m1/s1. The second-order valence-corrected chi connectivity index (χ2v) is 4.42. The van der Waals surface area contributed by atoms with E-state index in [4.69, 9.17) is 9.84 Å². The van der Waals surface area contributed by atoms with Crippen LogP contribution in [0.1, 0.15) is 11.8 Å². The lowest BCUT2D eigenvalue weighted by Crippen LogP contribution is -2.43. The summed E-state index contributed by atoms with van der Waals surface area (Å²) in [6, 6.07) is -1.26. The molecule has 4 N–H and O–H groups in total. The highest BCUT2D eigenvalue weighted by molar-refractivity contribution is 5.13. The molecule has 1 aromatic rings. The minimum absolute atomic E-state index is 0.495. The van der Waals surface area contributed by atoms with E-state index in [2.05, 4.69) is 0 Å². The zero-order chi connectivity index (χ0) is 15.0. The fourth-order valence-electron chi connectivity index (χ4n) is 2.24. The molecule has 0 spiro atoms. The van der Waals surface area contributed by atoms with Crippen molar-refractivity contribution in [3.63, 3.8) is 0 Å². The second kappa shape index (κ2) is 5.40. The van der Waals surface area contributed by atoms with Crippen LogP contribution in [0.3, 0.4) is 0 Å². The van der Waals surface area contributed by atoms with E-state index in [9.17, 15) is 23.6 Å². The normalized spacial score (nSPS) is 30.1. The minimum Gasteiger partial charge on any atom is -0.394 e. The lowest BCUT2D eigenvalue weighted by Gasteiger charge is -2.22. The van der Waals surface area contributed by atoms with Crippen molar-refractivity contribution in [1.82, 2.24) is 15.0 Å². The van der Waals surface area contributed by atoms with Crippen LogP contribution in [0.25, 0.3) is 0 Å². The SMILES string of the molecule is CN(O)[C@H]1[C@H](F)C(c2[nH]c(=O)[nH]c(=O)c2F)O[C@@H]1CO. The third-order valence-electron chi connectivity index (χ3n) is 3.12. The Kier molecular flexibility index (Phi) is 3.99. The van der Waals surface area contributed by atoms with Crippen LogP contribution in [0, 0.1) is 5.82 Å². The lowest BCUT2D eigenvalue weighted by atomic mass is 10.0. The molecule has 1 saturated heterocycles. The quantitative estimate of drug-likeness (QED) is 0.512. The fourth-order valence-corrected chi connectivity index (χ4v) is 2.24. The van der Waals surface area contributed by atoms with E-state index in [1.165, 1.54) is 0 Å². The first-order chi connectivity index (χ1) is 9.36. The Hall–Kier alpha value is -1.62. The average molecular weight is 293 g/mol. The monoisotopic (exact) mass is 293 g/mol. The van der Waals surface area contributed by atoms with Crippen LogP contribution >= 0.6 is 0 Å². The molecule has 4 atom stereocenters. The van der Waals surface area contributed by atoms with E-state index in [0.29, 0.717) is 5.06 Å². The number of ether oxygens (including phenoxy) is 1. The number of nitrogens with one attached hydrogen (secondary N) is 2. The summed E-state index contributed by atoms with van der Waals surface area (Å²) in [5.41, 5.74) is -2.97. The molecule has 2 heterocycles. The molecule has 10 heteroatoms. The van der Waals surface area contributed by atoms with Gasteiger partial charge < -0.3 is 20.0 Å². The van der Waals surface area contributed by atoms with E-state index in [1.54, 1.807) is 4.98 Å². The number of aromatic nitrogens is 2. The number of hydroxylamine groups is 2. The Balaban J connectivity index is 2.45. The smallest absolute Gasteiger partial charge is 0.326 e. The molecule has 0 radical (unpaired) electrons. The van der Waals surface area contributed by atoms with Crippen molar-refractivity contribution in [2.45, 2.75) is 24.4 Å². The van der Waals surface area contributed by atoms with E-state index in [-0.39, 0.29) is 0 Å². The maximum absolute atomic E-state index is 14.2. The lowest BCUT2D eigenvalue weighted by molar-refractivity contribution is -0.134. The minimum atomic E-state index is -1.95. The predicted molar refractivity (Wildman–Crippen MR) is 60.6 cm³/mol. The van der Waals surface area contributed by atoms with Crippen molar-refractivity contribution in [3.8, 4) is 0 Å². The van der Waals surface area contributed by atoms with Crippen molar-refractivity contribution in [2.75, 3.05) is 13.7 Å². The molecule has 1 aliphatic rings. The summed E-state index contributed by atoms with van der Waals surface area (Å²) in [7, 11) is 1.14. The molecule has 2 rings (SSSR count). The summed E-state index contributed by atoms with van der Waals surface area (Å²) in [6.07, 6.45) is -4.69. The molecular formula is C10H13F2N3O5. The summed E-state index contributed by atoms with van der Waals surface area (Å²) >= 11 is 0. The van der Waals surface area contributed by atoms with E-state index >= 15 is 0 Å². The molecule has 0 bridgehead atoms. The number of hydrogen-bond acceptors (Lipinski definition) is 6. The number of rotatable bonds is 3. The number of hydrogen-bond donors (Lipinski definition) is 4. The van der Waals surface area contributed by atoms with Crippen LogP contribution in [0.4, 0.5) is 8.78 Å². The molecule has 8 nitrogen and oxygen atoms in total. The molecule has 1 aliphatic heterocycles. The summed E-state index contributed by atoms with van der Waals surface area (Å²) in [5.74, 6) is -1.38. The van der Waals surface area contributed by atoms with Gasteiger partial charge in [-0.15, -0.1) is 0 Å². The largest absolute Gasteiger partial charge is 0.394 e. The van der Waals surface area contributed by atoms with Crippen LogP contribution in [0.2, 0.25) is 0 Å². The van der Waals surface area contributed by atoms with E-state index in [0.717, 1.165) is 7.05 Å². The molecule has 0 saturated carbocycles. The van der Waals surface area contributed by atoms with Gasteiger partial charge >= 0.3 is 5.69 Å². The number of aliphatic hydroxyl groups is 1. The molecule has 1 fully saturated rings. The summed E-state index contributed by atoms with van der Waals surface area (Å²) < 4.78 is 33.0. The zero-order valence-electron chi connectivity index (χ0n) is 10.3. The highest BCUT2D eigenvalue weighted by Gasteiger charge is 2.49. The maximum atomic E-state index is 14.2. The summed E-state index contributed by atoms with van der Waals surface area (Å²) in [5, 5.41) is 18.9. The van der Waals surface area contributed by atoms with Gasteiger partial charge in [-0.25, -0.2) is 9.18 Å². The summed E-state index contributed by atoms with van der Waals surface area (Å²) in [6.45, 7) is -0.623. The van der Waals surface area contributed by atoms with Gasteiger partial charge in [0.25, 0.3) is 5.56 Å². The Bertz CT molecular complexity index is 601. The van der Waals surface area contributed by atoms with Gasteiger partial charge in [-0.2, -0.15) is 9.45 Å². The van der Waals surface area contributed by atoms with Crippen molar-refractivity contribution in [1.29, 1.82) is 0 Å². The third kappa shape index (κ3) is 2.38. The second-order valence-electron chi connectivity index (χ2n) is 4.42. The number of H-pyrrole nitrogens is 2. The van der Waals surface area contributed by atoms with Gasteiger partial charge in [-0.05, 0) is 0 Å². The molecule has 112 valence electrons. The Labute approximate surface area is 110 Å². The Morgan fingerprint density at radius 2 is 2.05 bits per heavy atom. The van der Waals surface area contributed by atoms with E-state index in [1.807, 2.05) is 4.98 Å². The van der Waals surface area contributed by atoms with Crippen molar-refractivity contribution in [3.05, 3.63) is 32.3 Å². The van der Waals surface area contributed by atoms with E-state index < -0.39 is 53.8 Å². The summed E-state index contributed by atoms with van der Waals surface area (Å²) in [4.78, 5) is 25.9. The number of aromatic amines is 2. The fraction of sp³-hybridized carbons (Fsp3) is 0.600. The highest BCUT2D eigenvalue weighted by Crippen LogP contribution is 2.36. The molecule has 1 unspecified atom stereocenters. The maximum Gasteiger partial charge on any atom is 0.326 e. The van der Waals surface area contributed by atoms with Gasteiger partial charge in [0.1, 0.15) is 12.2 Å². The molecule has 0 amide bonds. The third-order valence-corrected chi connectivity index (χ3v) is 3.12. The number of likely N-dealkylation sites (N-methyl/N-ethyl adjacent to an activating group) is 1.